The van der Waals surface area contributed by atoms with Crippen LogP contribution in [0.15, 0.2) is 4.90 Å². The van der Waals surface area contributed by atoms with Gasteiger partial charge in [0.05, 0.1) is 4.90 Å². The lowest BCUT2D eigenvalue weighted by Crippen LogP contribution is -2.04. The molecule has 0 bridgehead atoms. The number of thioether (sulfide) groups is 1. The molecule has 0 aliphatic heterocycles. The van der Waals surface area contributed by atoms with Crippen LogP contribution in [0.5, 0.6) is 0 Å². The molecule has 0 unspecified atom stereocenters. The van der Waals surface area contributed by atoms with Crippen molar-refractivity contribution >= 4 is 17.4 Å². The molecule has 0 saturated carbocycles. The Morgan fingerprint density at radius 1 is 0.923 bits per heavy atom. The molecule has 0 spiro atoms. The van der Waals surface area contributed by atoms with Gasteiger partial charge in [-0.1, -0.05) is 0 Å². The van der Waals surface area contributed by atoms with Gasteiger partial charge in [-0.25, -0.2) is 17.6 Å². The Hall–Kier alpha value is -0.910. The second kappa shape index (κ2) is 3.45. The minimum Gasteiger partial charge on any atom is -0.394 e. The van der Waals surface area contributed by atoms with Crippen molar-refractivity contribution in [1.82, 2.24) is 0 Å². The monoisotopic (exact) mass is 211 g/mol. The first kappa shape index (κ1) is 10.2. The van der Waals surface area contributed by atoms with Crippen molar-refractivity contribution in [2.45, 2.75) is 4.90 Å². The van der Waals surface area contributed by atoms with E-state index in [1.807, 2.05) is 0 Å². The SMILES string of the molecule is CSc1c(F)c(F)c(N)c(F)c1F. The van der Waals surface area contributed by atoms with Crippen molar-refractivity contribution in [1.29, 1.82) is 0 Å². The number of hydrogen-bond acceptors (Lipinski definition) is 2. The quantitative estimate of drug-likeness (QED) is 0.334. The minimum atomic E-state index is -1.55. The zero-order valence-electron chi connectivity index (χ0n) is 6.50. The summed E-state index contributed by atoms with van der Waals surface area (Å²) in [5, 5.41) is 0. The summed E-state index contributed by atoms with van der Waals surface area (Å²) in [6.07, 6.45) is 1.30. The topological polar surface area (TPSA) is 26.0 Å². The molecule has 0 aliphatic rings. The van der Waals surface area contributed by atoms with Gasteiger partial charge in [0.15, 0.2) is 23.3 Å². The van der Waals surface area contributed by atoms with E-state index in [-0.39, 0.29) is 0 Å². The summed E-state index contributed by atoms with van der Waals surface area (Å²) in [7, 11) is 0. The molecule has 0 aliphatic carbocycles. The standard InChI is InChI=1S/C7H5F4NS/c1-13-7-4(10)2(8)6(12)3(9)5(7)11/h12H2,1H3. The number of rotatable bonds is 1. The summed E-state index contributed by atoms with van der Waals surface area (Å²) in [6.45, 7) is 0. The third-order valence-electron chi connectivity index (χ3n) is 1.46. The van der Waals surface area contributed by atoms with E-state index in [1.165, 1.54) is 6.26 Å². The second-order valence-corrected chi connectivity index (χ2v) is 3.02. The summed E-state index contributed by atoms with van der Waals surface area (Å²) >= 11 is 0.574. The van der Waals surface area contributed by atoms with E-state index < -0.39 is 33.9 Å². The molecular weight excluding hydrogens is 206 g/mol. The summed E-state index contributed by atoms with van der Waals surface area (Å²) in [4.78, 5) is -0.704. The highest BCUT2D eigenvalue weighted by molar-refractivity contribution is 7.98. The van der Waals surface area contributed by atoms with E-state index in [2.05, 4.69) is 0 Å². The molecule has 1 rings (SSSR count). The van der Waals surface area contributed by atoms with E-state index in [1.54, 1.807) is 0 Å². The molecule has 1 aromatic rings. The number of halogens is 4. The number of nitrogen functional groups attached to an aromatic ring is 1. The van der Waals surface area contributed by atoms with E-state index in [9.17, 15) is 17.6 Å². The molecule has 1 aromatic carbocycles. The van der Waals surface area contributed by atoms with Crippen molar-refractivity contribution in [3.05, 3.63) is 23.3 Å². The molecule has 0 saturated heterocycles. The maximum atomic E-state index is 12.8. The second-order valence-electron chi connectivity index (χ2n) is 2.20. The Kier molecular flexibility index (Phi) is 2.70. The first-order chi connectivity index (χ1) is 6.00. The molecule has 0 atom stereocenters. The van der Waals surface area contributed by atoms with Gasteiger partial charge in [0.1, 0.15) is 5.69 Å². The van der Waals surface area contributed by atoms with Gasteiger partial charge in [0.25, 0.3) is 0 Å². The molecule has 72 valence electrons. The van der Waals surface area contributed by atoms with Crippen LogP contribution in [0.1, 0.15) is 0 Å². The first-order valence-electron chi connectivity index (χ1n) is 3.16. The molecular formula is C7H5F4NS. The molecule has 6 heteroatoms. The largest absolute Gasteiger partial charge is 0.394 e. The smallest absolute Gasteiger partial charge is 0.186 e. The van der Waals surface area contributed by atoms with Crippen molar-refractivity contribution < 1.29 is 17.6 Å². The molecule has 13 heavy (non-hydrogen) atoms. The van der Waals surface area contributed by atoms with Crippen LogP contribution in [0.25, 0.3) is 0 Å². The van der Waals surface area contributed by atoms with Gasteiger partial charge in [0, 0.05) is 0 Å². The van der Waals surface area contributed by atoms with Crippen LogP contribution in [-0.2, 0) is 0 Å². The maximum Gasteiger partial charge on any atom is 0.186 e. The van der Waals surface area contributed by atoms with Gasteiger partial charge in [-0.3, -0.25) is 0 Å². The lowest BCUT2D eigenvalue weighted by Gasteiger charge is -2.06. The molecule has 2 N–H and O–H groups in total. The van der Waals surface area contributed by atoms with E-state index in [0.717, 1.165) is 0 Å². The number of benzene rings is 1. The van der Waals surface area contributed by atoms with Crippen LogP contribution < -0.4 is 5.73 Å². The summed E-state index contributed by atoms with van der Waals surface area (Å²) in [5.74, 6) is -6.01. The molecule has 0 radical (unpaired) electrons. The summed E-state index contributed by atoms with van der Waals surface area (Å²) in [6, 6.07) is 0. The predicted molar refractivity (Wildman–Crippen MR) is 42.5 cm³/mol. The minimum absolute atomic E-state index is 0.574. The zero-order valence-corrected chi connectivity index (χ0v) is 7.31. The lowest BCUT2D eigenvalue weighted by atomic mass is 10.2. The highest BCUT2D eigenvalue weighted by atomic mass is 32.2. The Morgan fingerprint density at radius 3 is 1.62 bits per heavy atom. The van der Waals surface area contributed by atoms with Crippen LogP contribution >= 0.6 is 11.8 Å². The van der Waals surface area contributed by atoms with Crippen molar-refractivity contribution in [3.63, 3.8) is 0 Å². The van der Waals surface area contributed by atoms with Gasteiger partial charge in [-0.05, 0) is 6.26 Å². The summed E-state index contributed by atoms with van der Waals surface area (Å²) in [5.41, 5.74) is 3.64. The number of anilines is 1. The Balaban J connectivity index is 3.56. The Morgan fingerprint density at radius 2 is 1.31 bits per heavy atom. The average molecular weight is 211 g/mol. The Labute approximate surface area is 75.9 Å². The van der Waals surface area contributed by atoms with Crippen molar-refractivity contribution in [2.24, 2.45) is 0 Å². The van der Waals surface area contributed by atoms with Gasteiger partial charge in [0.2, 0.25) is 0 Å². The van der Waals surface area contributed by atoms with E-state index in [4.69, 9.17) is 5.73 Å². The summed E-state index contributed by atoms with van der Waals surface area (Å²) < 4.78 is 51.0. The fraction of sp³-hybridized carbons (Fsp3) is 0.143. The van der Waals surface area contributed by atoms with Crippen LogP contribution in [0.2, 0.25) is 0 Å². The first-order valence-corrected chi connectivity index (χ1v) is 4.38. The van der Waals surface area contributed by atoms with Gasteiger partial charge in [-0.15, -0.1) is 11.8 Å². The van der Waals surface area contributed by atoms with Crippen LogP contribution in [0.4, 0.5) is 23.2 Å². The average Bonchev–Trinajstić information content (AvgIpc) is 2.13. The van der Waals surface area contributed by atoms with Crippen LogP contribution in [0.3, 0.4) is 0 Å². The highest BCUT2D eigenvalue weighted by Crippen LogP contribution is 2.31. The third kappa shape index (κ3) is 1.46. The zero-order chi connectivity index (χ0) is 10.2. The normalized spacial score (nSPS) is 10.5. The maximum absolute atomic E-state index is 12.8. The van der Waals surface area contributed by atoms with Gasteiger partial charge in [-0.2, -0.15) is 0 Å². The van der Waals surface area contributed by atoms with E-state index in [0.29, 0.717) is 11.8 Å². The molecule has 1 nitrogen and oxygen atoms in total. The van der Waals surface area contributed by atoms with Gasteiger partial charge >= 0.3 is 0 Å². The van der Waals surface area contributed by atoms with Crippen molar-refractivity contribution in [2.75, 3.05) is 12.0 Å². The molecule has 0 amide bonds. The fourth-order valence-corrected chi connectivity index (χ4v) is 1.35. The predicted octanol–water partition coefficient (Wildman–Crippen LogP) is 2.55. The lowest BCUT2D eigenvalue weighted by molar-refractivity contribution is 0.431. The number of hydrogen-bond donors (Lipinski definition) is 1. The highest BCUT2D eigenvalue weighted by Gasteiger charge is 2.22. The third-order valence-corrected chi connectivity index (χ3v) is 2.23. The van der Waals surface area contributed by atoms with Crippen molar-refractivity contribution in [3.8, 4) is 0 Å². The molecule has 0 fully saturated rings. The van der Waals surface area contributed by atoms with Crippen LogP contribution in [-0.4, -0.2) is 6.26 Å². The molecule has 0 heterocycles. The Bertz CT molecular complexity index is 324. The number of nitrogens with two attached hydrogens (primary N) is 1. The van der Waals surface area contributed by atoms with Crippen LogP contribution in [0, 0.1) is 23.3 Å². The van der Waals surface area contributed by atoms with E-state index >= 15 is 0 Å². The fourth-order valence-electron chi connectivity index (χ4n) is 0.808. The molecule has 0 aromatic heterocycles. The van der Waals surface area contributed by atoms with Gasteiger partial charge < -0.3 is 5.73 Å².